The van der Waals surface area contributed by atoms with E-state index in [-0.39, 0.29) is 54.0 Å². The molecule has 10 N–H and O–H groups in total. The maximum Gasteiger partial charge on any atom is 0.181 e. The summed E-state index contributed by atoms with van der Waals surface area (Å²) in [6.07, 6.45) is 5.31. The number of nitrogens with zero attached hydrogens (tertiary/aromatic N) is 1. The fraction of sp³-hybridized carbons (Fsp3) is 0.902. The first-order valence-corrected chi connectivity index (χ1v) is 20.6. The van der Waals surface area contributed by atoms with E-state index in [4.69, 9.17) is 15.5 Å². The average molecular weight is 729 g/mol. The third kappa shape index (κ3) is 5.08. The van der Waals surface area contributed by atoms with Gasteiger partial charge in [0.05, 0.1) is 54.4 Å². The van der Waals surface area contributed by atoms with Crippen LogP contribution in [0.15, 0.2) is 17.1 Å². The molecule has 2 heterocycles. The first-order valence-electron chi connectivity index (χ1n) is 20.6. The number of ether oxygens (including phenoxy) is 1. The molecule has 1 spiro atoms. The summed E-state index contributed by atoms with van der Waals surface area (Å²) >= 11 is 0. The van der Waals surface area contributed by atoms with Crippen LogP contribution in [0.4, 0.5) is 0 Å². The van der Waals surface area contributed by atoms with Gasteiger partial charge in [-0.25, -0.2) is 0 Å². The topological polar surface area (TPSA) is 203 Å². The zero-order valence-electron chi connectivity index (χ0n) is 31.8. The van der Waals surface area contributed by atoms with E-state index in [1.165, 1.54) is 0 Å². The molecule has 11 heteroatoms. The Kier molecular flexibility index (Phi) is 9.32. The Morgan fingerprint density at radius 2 is 1.85 bits per heavy atom. The van der Waals surface area contributed by atoms with Crippen molar-refractivity contribution in [1.82, 2.24) is 0 Å². The number of aliphatic imine (C=N–C) groups is 1. The Morgan fingerprint density at radius 1 is 1.10 bits per heavy atom. The van der Waals surface area contributed by atoms with Crippen LogP contribution in [-0.4, -0.2) is 110 Å². The van der Waals surface area contributed by atoms with Crippen LogP contribution in [0.25, 0.3) is 0 Å². The van der Waals surface area contributed by atoms with Gasteiger partial charge in [-0.3, -0.25) is 15.5 Å². The van der Waals surface area contributed by atoms with Gasteiger partial charge in [0.15, 0.2) is 5.78 Å². The summed E-state index contributed by atoms with van der Waals surface area (Å²) in [4.78, 5) is 20.3. The van der Waals surface area contributed by atoms with Crippen molar-refractivity contribution in [2.75, 3.05) is 19.7 Å². The Labute approximate surface area is 308 Å². The molecule has 2 saturated heterocycles. The fourth-order valence-electron chi connectivity index (χ4n) is 14.7. The van der Waals surface area contributed by atoms with Crippen LogP contribution >= 0.6 is 0 Å². The van der Waals surface area contributed by atoms with Crippen molar-refractivity contribution in [2.24, 2.45) is 86.7 Å². The number of piperidine rings is 1. The highest BCUT2D eigenvalue weighted by atomic mass is 16.5. The molecule has 0 aromatic carbocycles. The number of Topliss-reactive ketones (excluding diaryl/α,β-unsaturated/α-hetero) is 1. The summed E-state index contributed by atoms with van der Waals surface area (Å²) < 4.78 is 6.09. The van der Waals surface area contributed by atoms with Crippen LogP contribution in [0.5, 0.6) is 0 Å². The van der Waals surface area contributed by atoms with E-state index in [0.717, 1.165) is 25.8 Å². The summed E-state index contributed by atoms with van der Waals surface area (Å²) in [5.74, 6) is -1.80. The molecule has 2 bridgehead atoms. The van der Waals surface area contributed by atoms with E-state index in [1.807, 2.05) is 0 Å². The number of rotatable bonds is 6. The second-order valence-corrected chi connectivity index (χ2v) is 19.7. The van der Waals surface area contributed by atoms with Crippen molar-refractivity contribution < 1.29 is 45.5 Å². The summed E-state index contributed by atoms with van der Waals surface area (Å²) in [7, 11) is 0. The SMILES string of the molecule is CC(O)CN=C1C(=O)C2C3CCC4C(C5CCC(N)[NH2+]C5)C=CC5CC6(C)C(C(C)(O)C(O)C7OCC(C)C7C)CCC6(O)C1C5C42CC(O)C3O. The van der Waals surface area contributed by atoms with E-state index in [0.29, 0.717) is 50.3 Å². The lowest BCUT2D eigenvalue weighted by Gasteiger charge is -2.70. The number of fused-ring (bicyclic) bond motifs is 2. The smallest absolute Gasteiger partial charge is 0.181 e. The van der Waals surface area contributed by atoms with Crippen LogP contribution in [0.2, 0.25) is 0 Å². The monoisotopic (exact) mass is 728 g/mol. The van der Waals surface area contributed by atoms with Crippen LogP contribution in [0.1, 0.15) is 86.0 Å². The zero-order valence-corrected chi connectivity index (χ0v) is 31.8. The molecule has 6 aliphatic carbocycles. The van der Waals surface area contributed by atoms with Crippen molar-refractivity contribution in [2.45, 2.75) is 134 Å². The molecule has 0 aromatic rings. The van der Waals surface area contributed by atoms with Gasteiger partial charge in [0.1, 0.15) is 12.3 Å². The molecule has 292 valence electrons. The lowest BCUT2D eigenvalue weighted by atomic mass is 9.33. The van der Waals surface area contributed by atoms with Gasteiger partial charge in [0.2, 0.25) is 0 Å². The molecule has 5 saturated carbocycles. The molecule has 11 nitrogen and oxygen atoms in total. The van der Waals surface area contributed by atoms with Gasteiger partial charge < -0.3 is 40.7 Å². The van der Waals surface area contributed by atoms with E-state index < -0.39 is 76.2 Å². The Hall–Kier alpha value is -1.28. The van der Waals surface area contributed by atoms with Gasteiger partial charge in [0.25, 0.3) is 0 Å². The van der Waals surface area contributed by atoms with Gasteiger partial charge in [-0.05, 0) is 112 Å². The summed E-state index contributed by atoms with van der Waals surface area (Å²) in [6.45, 7) is 11.0. The van der Waals surface area contributed by atoms with Crippen molar-refractivity contribution in [3.63, 3.8) is 0 Å². The predicted octanol–water partition coefficient (Wildman–Crippen LogP) is 0.772. The molecule has 8 aliphatic rings. The zero-order chi connectivity index (χ0) is 37.3. The Morgan fingerprint density at radius 3 is 2.50 bits per heavy atom. The molecule has 0 amide bonds. The van der Waals surface area contributed by atoms with Crippen molar-refractivity contribution in [3.8, 4) is 0 Å². The molecule has 7 fully saturated rings. The third-order valence-electron chi connectivity index (χ3n) is 17.2. The lowest BCUT2D eigenvalue weighted by Crippen LogP contribution is -2.95. The van der Waals surface area contributed by atoms with Gasteiger partial charge >= 0.3 is 0 Å². The predicted molar refractivity (Wildman–Crippen MR) is 193 cm³/mol. The van der Waals surface area contributed by atoms with Crippen LogP contribution < -0.4 is 11.1 Å². The molecule has 21 unspecified atom stereocenters. The highest BCUT2D eigenvalue weighted by molar-refractivity contribution is 6.42. The van der Waals surface area contributed by atoms with Gasteiger partial charge in [-0.1, -0.05) is 32.9 Å². The second-order valence-electron chi connectivity index (χ2n) is 19.7. The Bertz CT molecular complexity index is 1460. The highest BCUT2D eigenvalue weighted by Crippen LogP contribution is 2.76. The van der Waals surface area contributed by atoms with Crippen LogP contribution in [0.3, 0.4) is 0 Å². The number of ketones is 1. The molecular formula is C41H66N3O8+. The number of carbonyl (C=O) groups excluding carboxylic acids is 1. The standard InChI is InChI=1S/C41H65N3O8/c1-19-18-52-36(21(19)3)37(49)39(5,50)28-12-13-41(51)32-30-22(14-38(28,41)4)6-8-24(23-7-11-29(42)43-17-23)26-10-9-25-31(35(48)33(32)44-16-20(2)45)40(26,30)15-27(46)34(25)47/h6,8,19-32,34,36-37,43,45-47,49-51H,7,9-18,42H2,1-5H3/p+1. The minimum absolute atomic E-state index is 0.0202. The fourth-order valence-corrected chi connectivity index (χ4v) is 14.7. The summed E-state index contributed by atoms with van der Waals surface area (Å²) in [5, 5.41) is 74.1. The number of aliphatic hydroxyl groups excluding tert-OH is 4. The second kappa shape index (κ2) is 12.9. The minimum atomic E-state index is -1.59. The van der Waals surface area contributed by atoms with Crippen LogP contribution in [0, 0.1) is 75.9 Å². The maximum absolute atomic E-state index is 15.4. The average Bonchev–Trinajstić information content (AvgIpc) is 3.53. The number of aliphatic hydroxyl groups is 6. The number of hydrogen-bond donors (Lipinski definition) is 8. The summed E-state index contributed by atoms with van der Waals surface area (Å²) in [6, 6.07) is 0. The van der Waals surface area contributed by atoms with E-state index >= 15 is 4.79 Å². The Balaban J connectivity index is 1.29. The molecular weight excluding hydrogens is 662 g/mol. The molecule has 0 radical (unpaired) electrons. The van der Waals surface area contributed by atoms with Crippen molar-refractivity contribution in [3.05, 3.63) is 12.2 Å². The van der Waals surface area contributed by atoms with Crippen LogP contribution in [-0.2, 0) is 9.53 Å². The van der Waals surface area contributed by atoms with E-state index in [1.54, 1.807) is 13.8 Å². The normalized spacial score (nSPS) is 55.7. The molecule has 0 aromatic heterocycles. The third-order valence-corrected chi connectivity index (χ3v) is 17.2. The molecule has 21 atom stereocenters. The van der Waals surface area contributed by atoms with Gasteiger partial charge in [-0.2, -0.15) is 0 Å². The number of hydrogen-bond acceptors (Lipinski definition) is 10. The highest BCUT2D eigenvalue weighted by Gasteiger charge is 2.78. The van der Waals surface area contributed by atoms with E-state index in [9.17, 15) is 30.6 Å². The largest absolute Gasteiger partial charge is 0.391 e. The van der Waals surface area contributed by atoms with Crippen molar-refractivity contribution >= 4 is 11.5 Å². The lowest BCUT2D eigenvalue weighted by molar-refractivity contribution is -0.704. The first kappa shape index (κ1) is 37.6. The number of carbonyl (C=O) groups is 1. The molecule has 2 aliphatic heterocycles. The summed E-state index contributed by atoms with van der Waals surface area (Å²) in [5.41, 5.74) is 2.02. The first-order chi connectivity index (χ1) is 24.5. The number of quaternary nitrogens is 1. The minimum Gasteiger partial charge on any atom is -0.391 e. The van der Waals surface area contributed by atoms with E-state index in [2.05, 4.69) is 38.2 Å². The van der Waals surface area contributed by atoms with Gasteiger partial charge in [-0.15, -0.1) is 0 Å². The quantitative estimate of drug-likeness (QED) is 0.182. The number of nitrogens with two attached hydrogens (primary N) is 2. The number of allylic oxidation sites excluding steroid dienone is 2. The molecule has 8 rings (SSSR count). The maximum atomic E-state index is 15.4. The van der Waals surface area contributed by atoms with Crippen molar-refractivity contribution in [1.29, 1.82) is 0 Å². The van der Waals surface area contributed by atoms with Gasteiger partial charge in [0, 0.05) is 36.2 Å². The molecule has 52 heavy (non-hydrogen) atoms.